The summed E-state index contributed by atoms with van der Waals surface area (Å²) in [5, 5.41) is 0. The van der Waals surface area contributed by atoms with Crippen LogP contribution < -0.4 is 4.90 Å². The summed E-state index contributed by atoms with van der Waals surface area (Å²) in [6, 6.07) is 8.30. The van der Waals surface area contributed by atoms with Gasteiger partial charge in [0.05, 0.1) is 52.9 Å². The van der Waals surface area contributed by atoms with Crippen LogP contribution in [0.1, 0.15) is 0 Å². The summed E-state index contributed by atoms with van der Waals surface area (Å²) in [5.41, 5.74) is 1.17. The lowest BCUT2D eigenvalue weighted by Crippen LogP contribution is -2.31. The number of hydrogen-bond acceptors (Lipinski definition) is 5. The summed E-state index contributed by atoms with van der Waals surface area (Å²) in [4.78, 5) is 2.27. The second-order valence-electron chi connectivity index (χ2n) is 4.91. The Balaban J connectivity index is 1.86. The zero-order chi connectivity index (χ0) is 15.5. The number of rotatable bonds is 1. The highest BCUT2D eigenvalue weighted by atomic mass is 79.9. The van der Waals surface area contributed by atoms with Crippen LogP contribution in [0.3, 0.4) is 0 Å². The first-order chi connectivity index (χ1) is 10.9. The first-order valence-corrected chi connectivity index (χ1v) is 8.47. The Morgan fingerprint density at radius 3 is 1.50 bits per heavy atom. The molecule has 0 aliphatic carbocycles. The van der Waals surface area contributed by atoms with Crippen LogP contribution in [-0.2, 0) is 18.9 Å². The van der Waals surface area contributed by atoms with Crippen molar-refractivity contribution in [2.75, 3.05) is 70.8 Å². The quantitative estimate of drug-likeness (QED) is 0.755. The molecule has 124 valence electrons. The number of benzene rings is 1. The highest BCUT2D eigenvalue weighted by Crippen LogP contribution is 2.18. The minimum absolute atomic E-state index is 0.606. The smallest absolute Gasteiger partial charge is 0.0701 e. The lowest BCUT2D eigenvalue weighted by Gasteiger charge is -2.25. The SMILES string of the molecule is Brc1ccc(N2CCOCCOCCOCCOCC2)cc1. The summed E-state index contributed by atoms with van der Waals surface area (Å²) >= 11 is 3.47. The van der Waals surface area contributed by atoms with E-state index < -0.39 is 0 Å². The molecular formula is C16H24BrNO4. The normalized spacial score (nSPS) is 20.1. The fourth-order valence-corrected chi connectivity index (χ4v) is 2.40. The predicted molar refractivity (Wildman–Crippen MR) is 89.6 cm³/mol. The molecule has 22 heavy (non-hydrogen) atoms. The molecule has 0 atom stereocenters. The highest BCUT2D eigenvalue weighted by molar-refractivity contribution is 9.10. The van der Waals surface area contributed by atoms with Gasteiger partial charge in [0, 0.05) is 23.2 Å². The van der Waals surface area contributed by atoms with Gasteiger partial charge in [-0.25, -0.2) is 0 Å². The highest BCUT2D eigenvalue weighted by Gasteiger charge is 2.07. The molecule has 0 bridgehead atoms. The maximum Gasteiger partial charge on any atom is 0.0701 e. The van der Waals surface area contributed by atoms with E-state index in [1.54, 1.807) is 0 Å². The number of ether oxygens (including phenoxy) is 4. The van der Waals surface area contributed by atoms with E-state index in [1.165, 1.54) is 5.69 Å². The van der Waals surface area contributed by atoms with Gasteiger partial charge in [0.2, 0.25) is 0 Å². The molecule has 5 nitrogen and oxygen atoms in total. The molecule has 1 aliphatic rings. The lowest BCUT2D eigenvalue weighted by molar-refractivity contribution is 0.00206. The Hall–Kier alpha value is -0.660. The third-order valence-corrected chi connectivity index (χ3v) is 3.85. The topological polar surface area (TPSA) is 40.2 Å². The van der Waals surface area contributed by atoms with Crippen molar-refractivity contribution in [3.8, 4) is 0 Å². The zero-order valence-electron chi connectivity index (χ0n) is 12.8. The van der Waals surface area contributed by atoms with Crippen molar-refractivity contribution in [3.05, 3.63) is 28.7 Å². The molecule has 0 amide bonds. The summed E-state index contributed by atoms with van der Waals surface area (Å²) < 4.78 is 23.2. The lowest BCUT2D eigenvalue weighted by atomic mass is 10.3. The van der Waals surface area contributed by atoms with Gasteiger partial charge < -0.3 is 23.8 Å². The van der Waals surface area contributed by atoms with Crippen LogP contribution in [0.5, 0.6) is 0 Å². The van der Waals surface area contributed by atoms with Gasteiger partial charge in [0.25, 0.3) is 0 Å². The molecule has 1 aromatic rings. The Kier molecular flexibility index (Phi) is 8.82. The van der Waals surface area contributed by atoms with Crippen molar-refractivity contribution < 1.29 is 18.9 Å². The van der Waals surface area contributed by atoms with Gasteiger partial charge in [-0.05, 0) is 24.3 Å². The minimum atomic E-state index is 0.606. The van der Waals surface area contributed by atoms with E-state index in [2.05, 4.69) is 33.0 Å². The Labute approximate surface area is 140 Å². The predicted octanol–water partition coefficient (Wildman–Crippen LogP) is 2.34. The standard InChI is InChI=1S/C16H24BrNO4/c17-15-1-3-16(4-2-15)18-5-7-19-9-11-21-13-14-22-12-10-20-8-6-18/h1-4H,5-14H2. The van der Waals surface area contributed by atoms with E-state index in [0.717, 1.165) is 17.6 Å². The summed E-state index contributed by atoms with van der Waals surface area (Å²) in [5.74, 6) is 0. The maximum absolute atomic E-state index is 5.63. The van der Waals surface area contributed by atoms with Gasteiger partial charge >= 0.3 is 0 Å². The Bertz CT molecular complexity index is 386. The van der Waals surface area contributed by atoms with Crippen molar-refractivity contribution in [2.45, 2.75) is 0 Å². The fourth-order valence-electron chi connectivity index (χ4n) is 2.13. The second-order valence-corrected chi connectivity index (χ2v) is 5.83. The van der Waals surface area contributed by atoms with Gasteiger partial charge in [-0.1, -0.05) is 15.9 Å². The van der Waals surface area contributed by atoms with E-state index in [1.807, 2.05) is 12.1 Å². The fraction of sp³-hybridized carbons (Fsp3) is 0.625. The van der Waals surface area contributed by atoms with Crippen LogP contribution >= 0.6 is 15.9 Å². The summed E-state index contributed by atoms with van der Waals surface area (Å²) in [6.07, 6.45) is 0. The van der Waals surface area contributed by atoms with Crippen molar-refractivity contribution in [1.82, 2.24) is 0 Å². The van der Waals surface area contributed by atoms with Crippen LogP contribution in [0, 0.1) is 0 Å². The van der Waals surface area contributed by atoms with E-state index in [9.17, 15) is 0 Å². The Morgan fingerprint density at radius 1 is 0.636 bits per heavy atom. The molecule has 1 aromatic carbocycles. The van der Waals surface area contributed by atoms with Crippen LogP contribution in [0.25, 0.3) is 0 Å². The van der Waals surface area contributed by atoms with E-state index in [-0.39, 0.29) is 0 Å². The monoisotopic (exact) mass is 373 g/mol. The summed E-state index contributed by atoms with van der Waals surface area (Å²) in [6.45, 7) is 6.68. The van der Waals surface area contributed by atoms with Crippen LogP contribution in [0.2, 0.25) is 0 Å². The number of halogens is 1. The summed E-state index contributed by atoms with van der Waals surface area (Å²) in [7, 11) is 0. The molecule has 0 N–H and O–H groups in total. The number of nitrogens with zero attached hydrogens (tertiary/aromatic N) is 1. The van der Waals surface area contributed by atoms with E-state index in [4.69, 9.17) is 18.9 Å². The van der Waals surface area contributed by atoms with Crippen LogP contribution in [-0.4, -0.2) is 65.9 Å². The molecule has 1 saturated heterocycles. The first kappa shape index (κ1) is 17.7. The number of anilines is 1. The molecule has 0 radical (unpaired) electrons. The van der Waals surface area contributed by atoms with Gasteiger partial charge in [0.1, 0.15) is 0 Å². The van der Waals surface area contributed by atoms with Gasteiger partial charge in [-0.15, -0.1) is 0 Å². The van der Waals surface area contributed by atoms with E-state index >= 15 is 0 Å². The zero-order valence-corrected chi connectivity index (χ0v) is 14.4. The molecule has 0 saturated carbocycles. The number of hydrogen-bond donors (Lipinski definition) is 0. The van der Waals surface area contributed by atoms with Crippen molar-refractivity contribution in [1.29, 1.82) is 0 Å². The van der Waals surface area contributed by atoms with Crippen molar-refractivity contribution >= 4 is 21.6 Å². The molecular weight excluding hydrogens is 350 g/mol. The molecule has 0 aromatic heterocycles. The first-order valence-electron chi connectivity index (χ1n) is 7.68. The molecule has 0 unspecified atom stereocenters. The molecule has 2 rings (SSSR count). The molecule has 0 spiro atoms. The van der Waals surface area contributed by atoms with Crippen molar-refractivity contribution in [3.63, 3.8) is 0 Å². The maximum atomic E-state index is 5.63. The van der Waals surface area contributed by atoms with Gasteiger partial charge in [0.15, 0.2) is 0 Å². The molecule has 1 aliphatic heterocycles. The largest absolute Gasteiger partial charge is 0.377 e. The average molecular weight is 374 g/mol. The molecule has 1 fully saturated rings. The molecule has 6 heteroatoms. The third kappa shape index (κ3) is 7.07. The van der Waals surface area contributed by atoms with E-state index in [0.29, 0.717) is 52.9 Å². The van der Waals surface area contributed by atoms with Gasteiger partial charge in [-0.2, -0.15) is 0 Å². The average Bonchev–Trinajstić information content (AvgIpc) is 2.54. The minimum Gasteiger partial charge on any atom is -0.377 e. The van der Waals surface area contributed by atoms with Crippen molar-refractivity contribution in [2.24, 2.45) is 0 Å². The molecule has 1 heterocycles. The van der Waals surface area contributed by atoms with Gasteiger partial charge in [-0.3, -0.25) is 0 Å². The third-order valence-electron chi connectivity index (χ3n) is 3.32. The van der Waals surface area contributed by atoms with Crippen LogP contribution in [0.15, 0.2) is 28.7 Å². The Morgan fingerprint density at radius 2 is 1.05 bits per heavy atom. The second kappa shape index (κ2) is 11.0. The van der Waals surface area contributed by atoms with Crippen LogP contribution in [0.4, 0.5) is 5.69 Å².